The Morgan fingerprint density at radius 1 is 1.00 bits per heavy atom. The number of hydrogen-bond acceptors (Lipinski definition) is 5. The minimum Gasteiger partial charge on any atom is -0.456 e. The Labute approximate surface area is 199 Å². The van der Waals surface area contributed by atoms with Gasteiger partial charge in [-0.1, -0.05) is 17.7 Å². The molecule has 168 valence electrons. The van der Waals surface area contributed by atoms with Gasteiger partial charge in [0.15, 0.2) is 5.78 Å². The second-order valence-electron chi connectivity index (χ2n) is 7.73. The van der Waals surface area contributed by atoms with E-state index >= 15 is 0 Å². The molecule has 0 saturated carbocycles. The van der Waals surface area contributed by atoms with Crippen LogP contribution in [-0.4, -0.2) is 28.2 Å². The van der Waals surface area contributed by atoms with E-state index < -0.39 is 5.91 Å². The summed E-state index contributed by atoms with van der Waals surface area (Å²) in [5.41, 5.74) is 7.65. The van der Waals surface area contributed by atoms with Crippen LogP contribution in [-0.2, 0) is 0 Å². The van der Waals surface area contributed by atoms with Crippen molar-refractivity contribution in [3.05, 3.63) is 95.4 Å². The highest BCUT2D eigenvalue weighted by atomic mass is 35.5. The number of ketones is 1. The van der Waals surface area contributed by atoms with E-state index in [0.717, 1.165) is 21.7 Å². The molecule has 0 bridgehead atoms. The normalized spacial score (nSPS) is 11.0. The number of anilines is 1. The third kappa shape index (κ3) is 4.29. The van der Waals surface area contributed by atoms with Crippen LogP contribution in [0.1, 0.15) is 20.7 Å². The van der Waals surface area contributed by atoms with Gasteiger partial charge in [-0.3, -0.25) is 14.6 Å². The van der Waals surface area contributed by atoms with Crippen LogP contribution in [0.5, 0.6) is 11.5 Å². The van der Waals surface area contributed by atoms with Crippen LogP contribution >= 0.6 is 11.6 Å². The van der Waals surface area contributed by atoms with Gasteiger partial charge in [0.25, 0.3) is 5.91 Å². The molecule has 8 heteroatoms. The predicted molar refractivity (Wildman–Crippen MR) is 133 cm³/mol. The molecule has 0 aliphatic heterocycles. The molecule has 1 amide bonds. The summed E-state index contributed by atoms with van der Waals surface area (Å²) in [7, 11) is 0. The van der Waals surface area contributed by atoms with Gasteiger partial charge in [-0.15, -0.1) is 0 Å². The number of amides is 1. The van der Waals surface area contributed by atoms with Crippen molar-refractivity contribution >= 4 is 50.7 Å². The van der Waals surface area contributed by atoms with Gasteiger partial charge >= 0.3 is 0 Å². The molecule has 0 atom stereocenters. The molecule has 4 N–H and O–H groups in total. The monoisotopic (exact) mass is 470 g/mol. The van der Waals surface area contributed by atoms with Gasteiger partial charge in [0.05, 0.1) is 18.3 Å². The van der Waals surface area contributed by atoms with E-state index in [1.54, 1.807) is 55.0 Å². The van der Waals surface area contributed by atoms with Crippen LogP contribution in [0, 0.1) is 0 Å². The maximum Gasteiger partial charge on any atom is 0.250 e. The van der Waals surface area contributed by atoms with Gasteiger partial charge in [0.2, 0.25) is 0 Å². The summed E-state index contributed by atoms with van der Waals surface area (Å²) in [4.78, 5) is 32.2. The van der Waals surface area contributed by atoms with Gasteiger partial charge in [0.1, 0.15) is 11.5 Å². The number of halogens is 1. The van der Waals surface area contributed by atoms with E-state index in [0.29, 0.717) is 33.3 Å². The van der Waals surface area contributed by atoms with E-state index in [1.807, 2.05) is 24.3 Å². The zero-order valence-corrected chi connectivity index (χ0v) is 18.6. The van der Waals surface area contributed by atoms with E-state index in [9.17, 15) is 9.59 Å². The second-order valence-corrected chi connectivity index (χ2v) is 8.17. The smallest absolute Gasteiger partial charge is 0.250 e. The van der Waals surface area contributed by atoms with Gasteiger partial charge in [-0.25, -0.2) is 0 Å². The third-order valence-electron chi connectivity index (χ3n) is 5.47. The molecule has 3 aromatic carbocycles. The van der Waals surface area contributed by atoms with Crippen molar-refractivity contribution in [1.29, 1.82) is 0 Å². The number of carbonyl (C=O) groups excluding carboxylic acids is 2. The highest BCUT2D eigenvalue weighted by Crippen LogP contribution is 2.29. The van der Waals surface area contributed by atoms with Gasteiger partial charge in [-0.2, -0.15) is 0 Å². The molecule has 0 unspecified atom stereocenters. The standard InChI is InChI=1S/C26H19ClN4O3/c27-17-4-3-15-10-23(21(26(28)33)9-16(15)8-17)31-14-25(32)22-13-30-24-11-18(5-6-20(22)24)34-19-2-1-7-29-12-19/h1-13,30-31H,14H2,(H2,28,33). The Kier molecular flexibility index (Phi) is 5.61. The van der Waals surface area contributed by atoms with Gasteiger partial charge in [0, 0.05) is 45.6 Å². The fourth-order valence-electron chi connectivity index (χ4n) is 3.83. The maximum atomic E-state index is 13.0. The van der Waals surface area contributed by atoms with Gasteiger partial charge < -0.3 is 20.8 Å². The van der Waals surface area contributed by atoms with Crippen LogP contribution in [0.4, 0.5) is 5.69 Å². The number of aromatic nitrogens is 2. The number of aromatic amines is 1. The summed E-state index contributed by atoms with van der Waals surface area (Å²) in [5, 5.41) is 6.07. The van der Waals surface area contributed by atoms with Crippen LogP contribution in [0.25, 0.3) is 21.7 Å². The van der Waals surface area contributed by atoms with Crippen LogP contribution in [0.3, 0.4) is 0 Å². The van der Waals surface area contributed by atoms with Crippen LogP contribution in [0.15, 0.2) is 79.3 Å². The lowest BCUT2D eigenvalue weighted by Crippen LogP contribution is -2.18. The maximum absolute atomic E-state index is 13.0. The molecule has 5 aromatic rings. The van der Waals surface area contributed by atoms with Crippen molar-refractivity contribution in [1.82, 2.24) is 9.97 Å². The summed E-state index contributed by atoms with van der Waals surface area (Å²) in [6.45, 7) is -0.0136. The largest absolute Gasteiger partial charge is 0.456 e. The number of nitrogens with zero attached hydrogens (tertiary/aromatic N) is 1. The molecule has 0 saturated heterocycles. The molecule has 0 aliphatic rings. The van der Waals surface area contributed by atoms with Crippen LogP contribution < -0.4 is 15.8 Å². The fraction of sp³-hybridized carbons (Fsp3) is 0.0385. The van der Waals surface area contributed by atoms with Gasteiger partial charge in [-0.05, 0) is 59.3 Å². The zero-order chi connectivity index (χ0) is 23.7. The Bertz CT molecular complexity index is 1550. The number of carbonyl (C=O) groups is 2. The Balaban J connectivity index is 1.37. The number of H-pyrrole nitrogens is 1. The molecule has 5 rings (SSSR count). The molecule has 7 nitrogen and oxygen atoms in total. The van der Waals surface area contributed by atoms with Crippen LogP contribution in [0.2, 0.25) is 5.02 Å². The van der Waals surface area contributed by atoms with Crippen molar-refractivity contribution in [2.45, 2.75) is 0 Å². The molecule has 0 spiro atoms. The second kappa shape index (κ2) is 8.88. The summed E-state index contributed by atoms with van der Waals surface area (Å²) in [6.07, 6.45) is 4.97. The van der Waals surface area contributed by atoms with Crippen molar-refractivity contribution in [2.75, 3.05) is 11.9 Å². The van der Waals surface area contributed by atoms with Crippen molar-refractivity contribution in [2.24, 2.45) is 5.73 Å². The predicted octanol–water partition coefficient (Wildman–Crippen LogP) is 5.56. The Morgan fingerprint density at radius 2 is 1.88 bits per heavy atom. The first kappa shape index (κ1) is 21.5. The van der Waals surface area contributed by atoms with Crippen molar-refractivity contribution in [3.8, 4) is 11.5 Å². The van der Waals surface area contributed by atoms with E-state index in [2.05, 4.69) is 15.3 Å². The highest BCUT2D eigenvalue weighted by molar-refractivity contribution is 6.31. The first-order chi connectivity index (χ1) is 16.5. The quantitative estimate of drug-likeness (QED) is 0.270. The number of rotatable bonds is 7. The third-order valence-corrected chi connectivity index (χ3v) is 5.70. The average molecular weight is 471 g/mol. The Hall–Kier alpha value is -4.36. The summed E-state index contributed by atoms with van der Waals surface area (Å²) in [6, 6.07) is 17.9. The number of pyridine rings is 1. The Morgan fingerprint density at radius 3 is 2.68 bits per heavy atom. The van der Waals surface area contributed by atoms with Crippen molar-refractivity contribution in [3.63, 3.8) is 0 Å². The van der Waals surface area contributed by atoms with E-state index in [4.69, 9.17) is 22.1 Å². The fourth-order valence-corrected chi connectivity index (χ4v) is 4.01. The molecule has 0 aliphatic carbocycles. The molecule has 2 aromatic heterocycles. The number of nitrogens with one attached hydrogen (secondary N) is 2. The molecule has 0 fully saturated rings. The lowest BCUT2D eigenvalue weighted by Gasteiger charge is -2.12. The first-order valence-electron chi connectivity index (χ1n) is 10.5. The lowest BCUT2D eigenvalue weighted by molar-refractivity contribution is 0.0992. The average Bonchev–Trinajstić information content (AvgIpc) is 3.26. The minimum absolute atomic E-state index is 0.0136. The molecule has 0 radical (unpaired) electrons. The number of ether oxygens (including phenoxy) is 1. The minimum atomic E-state index is -0.593. The topological polar surface area (TPSA) is 110 Å². The highest BCUT2D eigenvalue weighted by Gasteiger charge is 2.15. The number of benzene rings is 3. The number of hydrogen-bond donors (Lipinski definition) is 3. The van der Waals surface area contributed by atoms with E-state index in [1.165, 1.54) is 0 Å². The molecular weight excluding hydrogens is 452 g/mol. The summed E-state index contributed by atoms with van der Waals surface area (Å²) in [5.74, 6) is 0.516. The SMILES string of the molecule is NC(=O)c1cc2cc(Cl)ccc2cc1NCC(=O)c1c[nH]c2cc(Oc3cccnc3)ccc12. The molecule has 2 heterocycles. The number of fused-ring (bicyclic) bond motifs is 2. The lowest BCUT2D eigenvalue weighted by atomic mass is 10.0. The number of nitrogens with two attached hydrogens (primary N) is 1. The first-order valence-corrected chi connectivity index (χ1v) is 10.8. The molecule has 34 heavy (non-hydrogen) atoms. The number of primary amides is 1. The van der Waals surface area contributed by atoms with Crippen molar-refractivity contribution < 1.29 is 14.3 Å². The van der Waals surface area contributed by atoms with E-state index in [-0.39, 0.29) is 12.3 Å². The summed E-state index contributed by atoms with van der Waals surface area (Å²) >= 11 is 6.06. The number of Topliss-reactive ketones (excluding diaryl/α,β-unsaturated/α-hetero) is 1. The zero-order valence-electron chi connectivity index (χ0n) is 17.8. The summed E-state index contributed by atoms with van der Waals surface area (Å²) < 4.78 is 5.81. The molecular formula is C26H19ClN4O3.